The summed E-state index contributed by atoms with van der Waals surface area (Å²) >= 11 is 0. The van der Waals surface area contributed by atoms with E-state index >= 15 is 0 Å². The molecule has 12 heavy (non-hydrogen) atoms. The molecule has 1 unspecified atom stereocenters. The normalized spacial score (nSPS) is 22.2. The Bertz CT molecular complexity index is 273. The van der Waals surface area contributed by atoms with Crippen LogP contribution in [0.5, 0.6) is 0 Å². The molecule has 0 aromatic carbocycles. The zero-order valence-corrected chi connectivity index (χ0v) is 6.53. The molecule has 1 rings (SSSR count). The molecule has 3 heteroatoms. The van der Waals surface area contributed by atoms with Gasteiger partial charge >= 0.3 is 5.97 Å². The number of rotatable bonds is 2. The molecule has 0 saturated heterocycles. The van der Waals surface area contributed by atoms with Gasteiger partial charge in [-0.2, -0.15) is 0 Å². The number of aliphatic hydroxyl groups excluding tert-OH is 1. The number of aliphatic hydroxyl groups is 1. The Balaban J connectivity index is 2.66. The third-order valence-electron chi connectivity index (χ3n) is 1.70. The van der Waals surface area contributed by atoms with E-state index in [9.17, 15) is 4.79 Å². The average molecular weight is 166 g/mol. The maximum absolute atomic E-state index is 10.3. The number of aliphatic carboxylic acids is 1. The lowest BCUT2D eigenvalue weighted by atomic mass is 9.92. The minimum Gasteiger partial charge on any atom is -0.508 e. The minimum atomic E-state index is -0.861. The smallest absolute Gasteiger partial charge is 0.304 e. The first-order chi connectivity index (χ1) is 5.59. The highest BCUT2D eigenvalue weighted by Gasteiger charge is 2.15. The van der Waals surface area contributed by atoms with Gasteiger partial charge in [0.25, 0.3) is 0 Å². The number of carboxylic acids is 1. The maximum atomic E-state index is 10.3. The second-order valence-corrected chi connectivity index (χ2v) is 2.71. The number of hydrogen-bond acceptors (Lipinski definition) is 2. The molecule has 0 aliphatic heterocycles. The highest BCUT2D eigenvalue weighted by atomic mass is 16.4. The molecular formula is C9H10O3. The van der Waals surface area contributed by atoms with Crippen molar-refractivity contribution in [3.63, 3.8) is 0 Å². The lowest BCUT2D eigenvalue weighted by Crippen LogP contribution is -2.09. The van der Waals surface area contributed by atoms with Gasteiger partial charge in [-0.1, -0.05) is 12.7 Å². The molecular weight excluding hydrogens is 156 g/mol. The Kier molecular flexibility index (Phi) is 2.33. The van der Waals surface area contributed by atoms with Crippen molar-refractivity contribution in [2.24, 2.45) is 5.92 Å². The summed E-state index contributed by atoms with van der Waals surface area (Å²) in [7, 11) is 0. The van der Waals surface area contributed by atoms with Crippen molar-refractivity contribution in [1.82, 2.24) is 0 Å². The van der Waals surface area contributed by atoms with Crippen LogP contribution in [-0.2, 0) is 4.79 Å². The summed E-state index contributed by atoms with van der Waals surface area (Å²) < 4.78 is 0. The van der Waals surface area contributed by atoms with Gasteiger partial charge in [-0.15, -0.1) is 0 Å². The highest BCUT2D eigenvalue weighted by Crippen LogP contribution is 2.22. The van der Waals surface area contributed by atoms with Crippen molar-refractivity contribution in [2.45, 2.75) is 6.42 Å². The number of carbonyl (C=O) groups is 1. The molecule has 0 amide bonds. The van der Waals surface area contributed by atoms with Crippen molar-refractivity contribution in [2.75, 3.05) is 0 Å². The van der Waals surface area contributed by atoms with Gasteiger partial charge < -0.3 is 10.2 Å². The average Bonchev–Trinajstić information content (AvgIpc) is 1.94. The molecule has 64 valence electrons. The van der Waals surface area contributed by atoms with E-state index in [1.54, 1.807) is 6.08 Å². The third kappa shape index (κ3) is 1.99. The van der Waals surface area contributed by atoms with E-state index in [1.165, 1.54) is 12.2 Å². The topological polar surface area (TPSA) is 57.5 Å². The first kappa shape index (κ1) is 8.59. The molecule has 1 aliphatic rings. The highest BCUT2D eigenvalue weighted by molar-refractivity contribution is 5.68. The van der Waals surface area contributed by atoms with Gasteiger partial charge in [-0.3, -0.25) is 4.79 Å². The predicted molar refractivity (Wildman–Crippen MR) is 44.7 cm³/mol. The molecule has 2 N–H and O–H groups in total. The molecule has 0 bridgehead atoms. The Morgan fingerprint density at radius 3 is 2.83 bits per heavy atom. The van der Waals surface area contributed by atoms with Crippen molar-refractivity contribution in [1.29, 1.82) is 0 Å². The van der Waals surface area contributed by atoms with Gasteiger partial charge in [0.1, 0.15) is 5.76 Å². The van der Waals surface area contributed by atoms with Crippen LogP contribution >= 0.6 is 0 Å². The maximum Gasteiger partial charge on any atom is 0.304 e. The van der Waals surface area contributed by atoms with Crippen LogP contribution < -0.4 is 0 Å². The van der Waals surface area contributed by atoms with Gasteiger partial charge in [0.2, 0.25) is 0 Å². The second kappa shape index (κ2) is 3.26. The Morgan fingerprint density at radius 1 is 1.67 bits per heavy atom. The minimum absolute atomic E-state index is 0.0269. The molecule has 0 fully saturated rings. The zero-order valence-electron chi connectivity index (χ0n) is 6.53. The molecule has 3 nitrogen and oxygen atoms in total. The van der Waals surface area contributed by atoms with E-state index in [-0.39, 0.29) is 18.1 Å². The fourth-order valence-corrected chi connectivity index (χ4v) is 1.07. The number of allylic oxidation sites excluding steroid dienone is 4. The van der Waals surface area contributed by atoms with E-state index in [0.29, 0.717) is 5.57 Å². The van der Waals surface area contributed by atoms with Crippen LogP contribution in [0.4, 0.5) is 0 Å². The quantitative estimate of drug-likeness (QED) is 0.655. The van der Waals surface area contributed by atoms with Crippen LogP contribution in [-0.4, -0.2) is 16.2 Å². The van der Waals surface area contributed by atoms with E-state index in [4.69, 9.17) is 10.2 Å². The number of carboxylic acid groups (broad SMARTS) is 1. The summed E-state index contributed by atoms with van der Waals surface area (Å²) in [5, 5.41) is 17.5. The van der Waals surface area contributed by atoms with E-state index < -0.39 is 5.97 Å². The Hall–Kier alpha value is -1.51. The largest absolute Gasteiger partial charge is 0.508 e. The monoisotopic (exact) mass is 166 g/mol. The van der Waals surface area contributed by atoms with Crippen LogP contribution in [0.1, 0.15) is 6.42 Å². The summed E-state index contributed by atoms with van der Waals surface area (Å²) in [6, 6.07) is 0. The van der Waals surface area contributed by atoms with Gasteiger partial charge in [-0.05, 0) is 17.7 Å². The molecule has 0 radical (unpaired) electrons. The summed E-state index contributed by atoms with van der Waals surface area (Å²) in [6.07, 6.45) is 4.64. The van der Waals surface area contributed by atoms with Gasteiger partial charge in [-0.25, -0.2) is 0 Å². The second-order valence-electron chi connectivity index (χ2n) is 2.71. The van der Waals surface area contributed by atoms with E-state index in [2.05, 4.69) is 6.58 Å². The van der Waals surface area contributed by atoms with Crippen molar-refractivity contribution in [3.05, 3.63) is 36.1 Å². The first-order valence-corrected chi connectivity index (χ1v) is 3.59. The predicted octanol–water partition coefficient (Wildman–Crippen LogP) is 1.65. The molecule has 1 aliphatic carbocycles. The summed E-state index contributed by atoms with van der Waals surface area (Å²) in [5.41, 5.74) is 0.636. The van der Waals surface area contributed by atoms with E-state index in [0.717, 1.165) is 0 Å². The van der Waals surface area contributed by atoms with Crippen molar-refractivity contribution in [3.8, 4) is 0 Å². The fraction of sp³-hybridized carbons (Fsp3) is 0.222. The summed E-state index contributed by atoms with van der Waals surface area (Å²) in [5.74, 6) is -0.916. The number of hydrogen-bond donors (Lipinski definition) is 2. The third-order valence-corrected chi connectivity index (χ3v) is 1.70. The molecule has 0 spiro atoms. The molecule has 0 heterocycles. The molecule has 0 aromatic rings. The van der Waals surface area contributed by atoms with Crippen LogP contribution in [0.15, 0.2) is 36.1 Å². The van der Waals surface area contributed by atoms with Gasteiger partial charge in [0.05, 0.1) is 6.42 Å². The SMILES string of the molecule is C=C1C=C(O)C=CC1CC(=O)O. The van der Waals surface area contributed by atoms with Crippen LogP contribution in [0.3, 0.4) is 0 Å². The van der Waals surface area contributed by atoms with E-state index in [1.807, 2.05) is 0 Å². The molecule has 1 atom stereocenters. The van der Waals surface area contributed by atoms with Crippen LogP contribution in [0, 0.1) is 5.92 Å². The van der Waals surface area contributed by atoms with Gasteiger partial charge in [0, 0.05) is 5.92 Å². The standard InChI is InChI=1S/C9H10O3/c1-6-4-8(10)3-2-7(6)5-9(11)12/h2-4,7,10H,1,5H2,(H,11,12). The first-order valence-electron chi connectivity index (χ1n) is 3.59. The lowest BCUT2D eigenvalue weighted by molar-refractivity contribution is -0.137. The van der Waals surface area contributed by atoms with Crippen LogP contribution in [0.25, 0.3) is 0 Å². The lowest BCUT2D eigenvalue weighted by Gasteiger charge is -2.13. The summed E-state index contributed by atoms with van der Waals surface area (Å²) in [6.45, 7) is 3.65. The molecule has 0 saturated carbocycles. The Labute approximate surface area is 70.3 Å². The Morgan fingerprint density at radius 2 is 2.33 bits per heavy atom. The van der Waals surface area contributed by atoms with Gasteiger partial charge in [0.15, 0.2) is 0 Å². The summed E-state index contributed by atoms with van der Waals surface area (Å²) in [4.78, 5) is 10.3. The molecule has 0 aromatic heterocycles. The van der Waals surface area contributed by atoms with Crippen LogP contribution in [0.2, 0.25) is 0 Å². The van der Waals surface area contributed by atoms with Crippen molar-refractivity contribution >= 4 is 5.97 Å². The fourth-order valence-electron chi connectivity index (χ4n) is 1.07. The van der Waals surface area contributed by atoms with Crippen molar-refractivity contribution < 1.29 is 15.0 Å². The zero-order chi connectivity index (χ0) is 9.14.